The largest absolute Gasteiger partial charge is 0.497 e. The van der Waals surface area contributed by atoms with Gasteiger partial charge in [0.2, 0.25) is 5.91 Å². The number of aliphatic hydroxyl groups is 1. The number of methoxy groups -OCH3 is 2. The zero-order valence-corrected chi connectivity index (χ0v) is 18.1. The van der Waals surface area contributed by atoms with Crippen molar-refractivity contribution in [2.24, 2.45) is 0 Å². The van der Waals surface area contributed by atoms with Gasteiger partial charge in [0, 0.05) is 38.4 Å². The van der Waals surface area contributed by atoms with E-state index in [9.17, 15) is 9.90 Å². The van der Waals surface area contributed by atoms with E-state index in [-0.39, 0.29) is 12.5 Å². The fraction of sp³-hybridized carbons (Fsp3) is 0.435. The Morgan fingerprint density at radius 3 is 2.00 bits per heavy atom. The number of piperazine rings is 1. The minimum absolute atomic E-state index is 0.0356. The van der Waals surface area contributed by atoms with Crippen LogP contribution < -0.4 is 19.5 Å². The highest BCUT2D eigenvalue weighted by atomic mass is 16.5. The summed E-state index contributed by atoms with van der Waals surface area (Å²) >= 11 is 0. The van der Waals surface area contributed by atoms with E-state index in [1.807, 2.05) is 48.5 Å². The van der Waals surface area contributed by atoms with Crippen molar-refractivity contribution in [3.8, 4) is 17.2 Å². The van der Waals surface area contributed by atoms with Gasteiger partial charge < -0.3 is 24.6 Å². The van der Waals surface area contributed by atoms with Crippen molar-refractivity contribution in [1.82, 2.24) is 9.80 Å². The summed E-state index contributed by atoms with van der Waals surface area (Å²) in [6.07, 6.45) is -0.577. The molecule has 1 fully saturated rings. The van der Waals surface area contributed by atoms with Crippen LogP contribution in [0.1, 0.15) is 0 Å². The number of benzene rings is 2. The van der Waals surface area contributed by atoms with Gasteiger partial charge in [-0.1, -0.05) is 0 Å². The van der Waals surface area contributed by atoms with Crippen LogP contribution >= 0.6 is 0 Å². The molecule has 0 saturated carbocycles. The summed E-state index contributed by atoms with van der Waals surface area (Å²) in [6, 6.07) is 14.6. The highest BCUT2D eigenvalue weighted by Crippen LogP contribution is 2.17. The maximum Gasteiger partial charge on any atom is 0.238 e. The summed E-state index contributed by atoms with van der Waals surface area (Å²) in [5.41, 5.74) is 0.754. The molecule has 2 aromatic rings. The molecular formula is C23H31N3O5. The van der Waals surface area contributed by atoms with Crippen LogP contribution in [0.2, 0.25) is 0 Å². The summed E-state index contributed by atoms with van der Waals surface area (Å²) in [7, 11) is 3.23. The Labute approximate surface area is 183 Å². The zero-order valence-electron chi connectivity index (χ0n) is 18.1. The molecular weight excluding hydrogens is 398 g/mol. The predicted octanol–water partition coefficient (Wildman–Crippen LogP) is 1.70. The van der Waals surface area contributed by atoms with Gasteiger partial charge in [0.15, 0.2) is 0 Å². The molecule has 0 aliphatic carbocycles. The maximum atomic E-state index is 12.3. The Morgan fingerprint density at radius 1 is 0.903 bits per heavy atom. The number of β-amino-alcohol motifs (C(OH)–C–C–N with tert-alkyl or cyclic N) is 1. The lowest BCUT2D eigenvalue weighted by Gasteiger charge is -2.35. The monoisotopic (exact) mass is 429 g/mol. The molecule has 1 heterocycles. The minimum atomic E-state index is -0.577. The number of amides is 1. The fourth-order valence-corrected chi connectivity index (χ4v) is 3.42. The third kappa shape index (κ3) is 7.43. The molecule has 168 valence electrons. The second-order valence-electron chi connectivity index (χ2n) is 7.49. The second kappa shape index (κ2) is 11.5. The third-order valence-corrected chi connectivity index (χ3v) is 5.18. The van der Waals surface area contributed by atoms with Crippen LogP contribution in [0.4, 0.5) is 5.69 Å². The van der Waals surface area contributed by atoms with Crippen molar-refractivity contribution in [2.45, 2.75) is 6.10 Å². The van der Waals surface area contributed by atoms with Crippen LogP contribution in [0.5, 0.6) is 17.2 Å². The Hall–Kier alpha value is -2.81. The van der Waals surface area contributed by atoms with Crippen LogP contribution in [-0.2, 0) is 4.79 Å². The number of anilines is 1. The second-order valence-corrected chi connectivity index (χ2v) is 7.49. The van der Waals surface area contributed by atoms with E-state index in [2.05, 4.69) is 15.1 Å². The van der Waals surface area contributed by atoms with E-state index >= 15 is 0 Å². The van der Waals surface area contributed by atoms with Crippen LogP contribution in [0.15, 0.2) is 48.5 Å². The van der Waals surface area contributed by atoms with Crippen molar-refractivity contribution in [2.75, 3.05) is 65.4 Å². The molecule has 0 bridgehead atoms. The first-order valence-corrected chi connectivity index (χ1v) is 10.4. The standard InChI is InChI=1S/C23H31N3O5/c1-29-20-5-3-18(4-6-20)24-23(28)16-26-13-11-25(12-14-26)15-19(27)17-31-22-9-7-21(30-2)8-10-22/h3-10,19,27H,11-17H2,1-2H3,(H,24,28). The number of aliphatic hydroxyl groups excluding tert-OH is 1. The van der Waals surface area contributed by atoms with Crippen molar-refractivity contribution >= 4 is 11.6 Å². The zero-order chi connectivity index (χ0) is 22.1. The van der Waals surface area contributed by atoms with Gasteiger partial charge in [-0.05, 0) is 48.5 Å². The third-order valence-electron chi connectivity index (χ3n) is 5.18. The van der Waals surface area contributed by atoms with Crippen molar-refractivity contribution < 1.29 is 24.1 Å². The number of hydrogen-bond donors (Lipinski definition) is 2. The summed E-state index contributed by atoms with van der Waals surface area (Å²) in [4.78, 5) is 16.6. The number of hydrogen-bond acceptors (Lipinski definition) is 7. The van der Waals surface area contributed by atoms with Gasteiger partial charge in [-0.15, -0.1) is 0 Å². The molecule has 3 rings (SSSR count). The first-order chi connectivity index (χ1) is 15.1. The lowest BCUT2D eigenvalue weighted by molar-refractivity contribution is -0.117. The molecule has 8 nitrogen and oxygen atoms in total. The van der Waals surface area contributed by atoms with Crippen LogP contribution in [-0.4, -0.2) is 87.0 Å². The minimum Gasteiger partial charge on any atom is -0.497 e. The van der Waals surface area contributed by atoms with E-state index in [1.54, 1.807) is 14.2 Å². The molecule has 0 aromatic heterocycles. The summed E-state index contributed by atoms with van der Waals surface area (Å²) in [6.45, 7) is 4.29. The number of rotatable bonds is 10. The lowest BCUT2D eigenvalue weighted by Crippen LogP contribution is -2.50. The van der Waals surface area contributed by atoms with E-state index in [0.29, 0.717) is 18.8 Å². The molecule has 8 heteroatoms. The van der Waals surface area contributed by atoms with Crippen molar-refractivity contribution in [3.63, 3.8) is 0 Å². The first-order valence-electron chi connectivity index (χ1n) is 10.4. The van der Waals surface area contributed by atoms with Gasteiger partial charge in [-0.2, -0.15) is 0 Å². The summed E-state index contributed by atoms with van der Waals surface area (Å²) in [5, 5.41) is 13.2. The van der Waals surface area contributed by atoms with Gasteiger partial charge in [-0.25, -0.2) is 0 Å². The average molecular weight is 430 g/mol. The maximum absolute atomic E-state index is 12.3. The number of nitrogens with zero attached hydrogens (tertiary/aromatic N) is 2. The van der Waals surface area contributed by atoms with Gasteiger partial charge in [0.1, 0.15) is 30.0 Å². The summed E-state index contributed by atoms with van der Waals surface area (Å²) < 4.78 is 15.9. The molecule has 1 aliphatic rings. The molecule has 1 amide bonds. The first kappa shape index (κ1) is 22.9. The topological polar surface area (TPSA) is 83.5 Å². The van der Waals surface area contributed by atoms with Gasteiger partial charge in [-0.3, -0.25) is 14.6 Å². The Kier molecular flexibility index (Phi) is 8.52. The van der Waals surface area contributed by atoms with Crippen molar-refractivity contribution in [3.05, 3.63) is 48.5 Å². The Balaban J connectivity index is 1.33. The average Bonchev–Trinajstić information content (AvgIpc) is 2.80. The van der Waals surface area contributed by atoms with E-state index in [1.165, 1.54) is 0 Å². The lowest BCUT2D eigenvalue weighted by atomic mass is 10.2. The molecule has 0 spiro atoms. The van der Waals surface area contributed by atoms with Gasteiger partial charge in [0.25, 0.3) is 0 Å². The van der Waals surface area contributed by atoms with Crippen LogP contribution in [0.3, 0.4) is 0 Å². The number of nitrogens with one attached hydrogen (secondary N) is 1. The molecule has 0 radical (unpaired) electrons. The Morgan fingerprint density at radius 2 is 1.42 bits per heavy atom. The number of carbonyl (C=O) groups excluding carboxylic acids is 1. The smallest absolute Gasteiger partial charge is 0.238 e. The SMILES string of the molecule is COc1ccc(NC(=O)CN2CCN(CC(O)COc3ccc(OC)cc3)CC2)cc1. The molecule has 1 saturated heterocycles. The molecule has 31 heavy (non-hydrogen) atoms. The highest BCUT2D eigenvalue weighted by Gasteiger charge is 2.21. The Bertz CT molecular complexity index is 805. The van der Waals surface area contributed by atoms with Gasteiger partial charge in [0.05, 0.1) is 20.8 Å². The van der Waals surface area contributed by atoms with E-state index < -0.39 is 6.10 Å². The normalized spacial score (nSPS) is 15.8. The predicted molar refractivity (Wildman–Crippen MR) is 119 cm³/mol. The van der Waals surface area contributed by atoms with Crippen LogP contribution in [0, 0.1) is 0 Å². The van der Waals surface area contributed by atoms with Crippen LogP contribution in [0.25, 0.3) is 0 Å². The number of ether oxygens (including phenoxy) is 3. The molecule has 1 aliphatic heterocycles. The summed E-state index contributed by atoms with van der Waals surface area (Å²) in [5.74, 6) is 2.19. The number of carbonyl (C=O) groups is 1. The van der Waals surface area contributed by atoms with Gasteiger partial charge >= 0.3 is 0 Å². The van der Waals surface area contributed by atoms with Crippen molar-refractivity contribution in [1.29, 1.82) is 0 Å². The molecule has 1 unspecified atom stereocenters. The highest BCUT2D eigenvalue weighted by molar-refractivity contribution is 5.92. The van der Waals surface area contributed by atoms with E-state index in [4.69, 9.17) is 14.2 Å². The molecule has 1 atom stereocenters. The van der Waals surface area contributed by atoms with E-state index in [0.717, 1.165) is 43.4 Å². The quantitative estimate of drug-likeness (QED) is 0.595. The molecule has 2 N–H and O–H groups in total. The molecule has 2 aromatic carbocycles. The fourth-order valence-electron chi connectivity index (χ4n) is 3.42.